The minimum Gasteiger partial charge on any atom is -0.315 e. The lowest BCUT2D eigenvalue weighted by Crippen LogP contribution is -2.42. The molecule has 114 valence electrons. The van der Waals surface area contributed by atoms with Gasteiger partial charge in [0, 0.05) is 29.4 Å². The molecule has 20 heavy (non-hydrogen) atoms. The summed E-state index contributed by atoms with van der Waals surface area (Å²) in [6, 6.07) is 1.83. The van der Waals surface area contributed by atoms with Crippen molar-refractivity contribution in [1.82, 2.24) is 9.62 Å². The lowest BCUT2D eigenvalue weighted by Gasteiger charge is -2.34. The van der Waals surface area contributed by atoms with Gasteiger partial charge >= 0.3 is 0 Å². The van der Waals surface area contributed by atoms with Crippen LogP contribution in [-0.2, 0) is 16.6 Å². The van der Waals surface area contributed by atoms with Gasteiger partial charge in [-0.05, 0) is 38.3 Å². The van der Waals surface area contributed by atoms with Crippen LogP contribution in [-0.4, -0.2) is 32.9 Å². The summed E-state index contributed by atoms with van der Waals surface area (Å²) < 4.78 is 27.3. The molecule has 0 aromatic carbocycles. The monoisotopic (exact) mass is 316 g/mol. The molecule has 0 saturated carbocycles. The standard InChI is InChI=1S/C14H24N2O2S2/c1-10-5-11(2)9-16(8-10)20(17,18)14-6-13(7-15-4)19-12(14)3/h6,10-11,15H,5,7-9H2,1-4H3. The lowest BCUT2D eigenvalue weighted by molar-refractivity contribution is 0.222. The molecule has 1 aliphatic rings. The van der Waals surface area contributed by atoms with E-state index in [2.05, 4.69) is 19.2 Å². The predicted molar refractivity (Wildman–Crippen MR) is 83.5 cm³/mol. The molecule has 4 nitrogen and oxygen atoms in total. The molecule has 0 amide bonds. The average Bonchev–Trinajstić information content (AvgIpc) is 2.70. The highest BCUT2D eigenvalue weighted by Gasteiger charge is 2.33. The number of thiophene rings is 1. The molecule has 1 aliphatic heterocycles. The zero-order valence-electron chi connectivity index (χ0n) is 12.6. The topological polar surface area (TPSA) is 49.4 Å². The second kappa shape index (κ2) is 6.13. The second-order valence-electron chi connectivity index (χ2n) is 5.93. The number of aryl methyl sites for hydroxylation is 1. The van der Waals surface area contributed by atoms with Crippen molar-refractivity contribution < 1.29 is 8.42 Å². The Labute approximate surface area is 126 Å². The van der Waals surface area contributed by atoms with Gasteiger partial charge in [-0.3, -0.25) is 0 Å². The molecule has 1 aromatic rings. The van der Waals surface area contributed by atoms with Gasteiger partial charge in [-0.15, -0.1) is 11.3 Å². The van der Waals surface area contributed by atoms with Crippen molar-refractivity contribution in [2.45, 2.75) is 38.6 Å². The first-order valence-electron chi connectivity index (χ1n) is 7.08. The third kappa shape index (κ3) is 3.24. The first kappa shape index (κ1) is 15.9. The van der Waals surface area contributed by atoms with Crippen LogP contribution in [0.5, 0.6) is 0 Å². The summed E-state index contributed by atoms with van der Waals surface area (Å²) in [4.78, 5) is 2.46. The molecule has 0 spiro atoms. The maximum Gasteiger partial charge on any atom is 0.244 e. The second-order valence-corrected chi connectivity index (χ2v) is 9.18. The van der Waals surface area contributed by atoms with E-state index in [9.17, 15) is 8.42 Å². The van der Waals surface area contributed by atoms with Crippen molar-refractivity contribution in [2.24, 2.45) is 11.8 Å². The Morgan fingerprint density at radius 2 is 1.95 bits per heavy atom. The van der Waals surface area contributed by atoms with E-state index >= 15 is 0 Å². The van der Waals surface area contributed by atoms with Crippen LogP contribution >= 0.6 is 11.3 Å². The highest BCUT2D eigenvalue weighted by atomic mass is 32.2. The fraction of sp³-hybridized carbons (Fsp3) is 0.714. The molecule has 0 radical (unpaired) electrons. The first-order valence-corrected chi connectivity index (χ1v) is 9.34. The van der Waals surface area contributed by atoms with E-state index < -0.39 is 10.0 Å². The number of nitrogens with zero attached hydrogens (tertiary/aromatic N) is 1. The highest BCUT2D eigenvalue weighted by molar-refractivity contribution is 7.89. The van der Waals surface area contributed by atoms with Crippen molar-refractivity contribution in [2.75, 3.05) is 20.1 Å². The van der Waals surface area contributed by atoms with Gasteiger partial charge in [0.2, 0.25) is 10.0 Å². The summed E-state index contributed by atoms with van der Waals surface area (Å²) in [6.45, 7) is 8.16. The smallest absolute Gasteiger partial charge is 0.244 e. The molecule has 2 atom stereocenters. The van der Waals surface area contributed by atoms with E-state index in [1.165, 1.54) is 0 Å². The third-order valence-electron chi connectivity index (χ3n) is 3.73. The Bertz CT molecular complexity index is 556. The van der Waals surface area contributed by atoms with E-state index in [1.54, 1.807) is 15.6 Å². The Hall–Kier alpha value is -0.430. The van der Waals surface area contributed by atoms with Gasteiger partial charge in [0.05, 0.1) is 4.90 Å². The number of hydrogen-bond donors (Lipinski definition) is 1. The van der Waals surface area contributed by atoms with Gasteiger partial charge in [0.1, 0.15) is 0 Å². The van der Waals surface area contributed by atoms with Gasteiger partial charge in [0.25, 0.3) is 0 Å². The molecule has 1 saturated heterocycles. The molecule has 1 N–H and O–H groups in total. The van der Waals surface area contributed by atoms with Crippen LogP contribution in [0.3, 0.4) is 0 Å². The zero-order chi connectivity index (χ0) is 14.9. The van der Waals surface area contributed by atoms with E-state index in [1.807, 2.05) is 20.0 Å². The van der Waals surface area contributed by atoms with Crippen LogP contribution in [0.15, 0.2) is 11.0 Å². The van der Waals surface area contributed by atoms with Crippen molar-refractivity contribution >= 4 is 21.4 Å². The van der Waals surface area contributed by atoms with Crippen LogP contribution < -0.4 is 5.32 Å². The number of hydrogen-bond acceptors (Lipinski definition) is 4. The Morgan fingerprint density at radius 1 is 1.35 bits per heavy atom. The van der Waals surface area contributed by atoms with Gasteiger partial charge in [0.15, 0.2) is 0 Å². The Balaban J connectivity index is 2.30. The summed E-state index contributed by atoms with van der Waals surface area (Å²) in [5.41, 5.74) is 0. The van der Waals surface area contributed by atoms with E-state index in [0.29, 0.717) is 36.4 Å². The van der Waals surface area contributed by atoms with Gasteiger partial charge in [-0.1, -0.05) is 13.8 Å². The fourth-order valence-electron chi connectivity index (χ4n) is 2.98. The fourth-order valence-corrected chi connectivity index (χ4v) is 6.28. The largest absolute Gasteiger partial charge is 0.315 e. The lowest BCUT2D eigenvalue weighted by atomic mass is 9.94. The zero-order valence-corrected chi connectivity index (χ0v) is 14.3. The molecular formula is C14H24N2O2S2. The molecule has 1 fully saturated rings. The van der Waals surface area contributed by atoms with Crippen molar-refractivity contribution in [3.05, 3.63) is 15.8 Å². The molecule has 0 aliphatic carbocycles. The van der Waals surface area contributed by atoms with Crippen LogP contribution in [0.2, 0.25) is 0 Å². The highest BCUT2D eigenvalue weighted by Crippen LogP contribution is 2.31. The number of rotatable bonds is 4. The number of nitrogens with one attached hydrogen (secondary N) is 1. The van der Waals surface area contributed by atoms with Gasteiger partial charge in [-0.2, -0.15) is 4.31 Å². The van der Waals surface area contributed by atoms with Gasteiger partial charge < -0.3 is 5.32 Å². The maximum atomic E-state index is 12.8. The molecule has 2 unspecified atom stereocenters. The van der Waals surface area contributed by atoms with E-state index in [0.717, 1.165) is 16.2 Å². The summed E-state index contributed by atoms with van der Waals surface area (Å²) in [6.07, 6.45) is 1.11. The summed E-state index contributed by atoms with van der Waals surface area (Å²) in [5.74, 6) is 0.869. The first-order chi connectivity index (χ1) is 9.34. The predicted octanol–water partition coefficient (Wildman–Crippen LogP) is 2.44. The molecule has 6 heteroatoms. The van der Waals surface area contributed by atoms with Crippen molar-refractivity contribution in [3.8, 4) is 0 Å². The third-order valence-corrected chi connectivity index (χ3v) is 6.86. The SMILES string of the molecule is CNCc1cc(S(=O)(=O)N2CC(C)CC(C)C2)c(C)s1. The minimum absolute atomic E-state index is 0.434. The quantitative estimate of drug-likeness (QED) is 0.928. The van der Waals surface area contributed by atoms with E-state index in [4.69, 9.17) is 0 Å². The molecule has 0 bridgehead atoms. The minimum atomic E-state index is -3.34. The normalized spacial score (nSPS) is 25.0. The summed E-state index contributed by atoms with van der Waals surface area (Å²) >= 11 is 1.56. The maximum absolute atomic E-state index is 12.8. The molecule has 2 rings (SSSR count). The molecule has 1 aromatic heterocycles. The number of sulfonamides is 1. The van der Waals surface area contributed by atoms with Crippen molar-refractivity contribution in [1.29, 1.82) is 0 Å². The van der Waals surface area contributed by atoms with Crippen LogP contribution in [0, 0.1) is 18.8 Å². The summed E-state index contributed by atoms with van der Waals surface area (Å²) in [7, 11) is -1.47. The molecular weight excluding hydrogens is 292 g/mol. The molecule has 2 heterocycles. The average molecular weight is 316 g/mol. The van der Waals surface area contributed by atoms with Crippen LogP contribution in [0.1, 0.15) is 30.0 Å². The number of piperidine rings is 1. The van der Waals surface area contributed by atoms with Crippen LogP contribution in [0.4, 0.5) is 0 Å². The summed E-state index contributed by atoms with van der Waals surface area (Å²) in [5, 5.41) is 3.07. The van der Waals surface area contributed by atoms with E-state index in [-0.39, 0.29) is 0 Å². The Kier molecular flexibility index (Phi) is 4.89. The van der Waals surface area contributed by atoms with Gasteiger partial charge in [-0.25, -0.2) is 8.42 Å². The van der Waals surface area contributed by atoms with Crippen LogP contribution in [0.25, 0.3) is 0 Å². The van der Waals surface area contributed by atoms with Crippen molar-refractivity contribution in [3.63, 3.8) is 0 Å². The Morgan fingerprint density at radius 3 is 2.50 bits per heavy atom.